The molecule has 0 bridgehead atoms. The van der Waals surface area contributed by atoms with Gasteiger partial charge < -0.3 is 10.1 Å². The number of nitrogens with zero attached hydrogens (tertiary/aromatic N) is 2. The van der Waals surface area contributed by atoms with Crippen LogP contribution in [0.3, 0.4) is 0 Å². The number of nitrogens with one attached hydrogen (secondary N) is 1. The summed E-state index contributed by atoms with van der Waals surface area (Å²) in [5.41, 5.74) is 0.434. The summed E-state index contributed by atoms with van der Waals surface area (Å²) in [7, 11) is 0. The molecule has 0 aliphatic rings. The molecule has 0 saturated heterocycles. The molecule has 0 spiro atoms. The first kappa shape index (κ1) is 8.68. The van der Waals surface area contributed by atoms with Gasteiger partial charge in [-0.3, -0.25) is 4.79 Å². The first-order valence-corrected chi connectivity index (χ1v) is 4.28. The molecule has 2 aromatic rings. The fraction of sp³-hybridized carbons (Fsp3) is 0.222. The van der Waals surface area contributed by atoms with Crippen molar-refractivity contribution in [1.82, 2.24) is 15.0 Å². The molecule has 0 unspecified atom stereocenters. The van der Waals surface area contributed by atoms with Crippen LogP contribution in [0.4, 0.5) is 0 Å². The summed E-state index contributed by atoms with van der Waals surface area (Å²) in [5.74, 6) is -0.0214. The van der Waals surface area contributed by atoms with Gasteiger partial charge >= 0.3 is 0 Å². The summed E-state index contributed by atoms with van der Waals surface area (Å²) in [4.78, 5) is 21.6. The van der Waals surface area contributed by atoms with E-state index in [4.69, 9.17) is 0 Å². The Morgan fingerprint density at radius 3 is 3.07 bits per heavy atom. The quantitative estimate of drug-likeness (QED) is 0.691. The van der Waals surface area contributed by atoms with E-state index in [1.54, 1.807) is 6.92 Å². The first-order chi connectivity index (χ1) is 6.74. The van der Waals surface area contributed by atoms with E-state index in [1.807, 2.05) is 0 Å². The smallest absolute Gasteiger partial charge is 0.256 e. The molecule has 2 N–H and O–H groups in total. The predicted molar refractivity (Wildman–Crippen MR) is 51.2 cm³/mol. The van der Waals surface area contributed by atoms with Crippen LogP contribution >= 0.6 is 0 Å². The zero-order valence-corrected chi connectivity index (χ0v) is 7.61. The third-order valence-corrected chi connectivity index (χ3v) is 2.11. The number of hydrogen-bond donors (Lipinski definition) is 2. The highest BCUT2D eigenvalue weighted by Gasteiger charge is 2.09. The maximum Gasteiger partial charge on any atom is 0.256 e. The van der Waals surface area contributed by atoms with Gasteiger partial charge in [-0.15, -0.1) is 0 Å². The van der Waals surface area contributed by atoms with Crippen molar-refractivity contribution in [3.63, 3.8) is 0 Å². The number of hydrogen-bond acceptors (Lipinski definition) is 4. The van der Waals surface area contributed by atoms with Crippen molar-refractivity contribution >= 4 is 11.0 Å². The largest absolute Gasteiger partial charge is 0.507 e. The first-order valence-electron chi connectivity index (χ1n) is 4.28. The van der Waals surface area contributed by atoms with Gasteiger partial charge in [-0.05, 0) is 6.42 Å². The van der Waals surface area contributed by atoms with Gasteiger partial charge in [-0.1, -0.05) is 6.92 Å². The molecule has 0 saturated carbocycles. The summed E-state index contributed by atoms with van der Waals surface area (Å²) >= 11 is 0. The number of H-pyrrole nitrogens is 1. The van der Waals surface area contributed by atoms with E-state index in [2.05, 4.69) is 15.0 Å². The fourth-order valence-corrected chi connectivity index (χ4v) is 1.38. The Hall–Kier alpha value is -1.91. The van der Waals surface area contributed by atoms with Gasteiger partial charge in [0, 0.05) is 6.20 Å². The molecule has 5 nitrogen and oxygen atoms in total. The lowest BCUT2D eigenvalue weighted by atomic mass is 10.1. The minimum atomic E-state index is -0.295. The average molecular weight is 191 g/mol. The second kappa shape index (κ2) is 3.10. The molecule has 72 valence electrons. The van der Waals surface area contributed by atoms with Crippen LogP contribution in [-0.4, -0.2) is 20.1 Å². The molecule has 5 heteroatoms. The molecule has 0 aromatic carbocycles. The van der Waals surface area contributed by atoms with E-state index in [1.165, 1.54) is 12.5 Å². The van der Waals surface area contributed by atoms with Gasteiger partial charge in [0.2, 0.25) is 0 Å². The Morgan fingerprint density at radius 2 is 2.36 bits per heavy atom. The zero-order chi connectivity index (χ0) is 10.1. The standard InChI is InChI=1S/C9H9N3O2/c1-2-5-7(13)6-3-10-4-11-8(6)12-9(5)14/h3-4H,2H2,1H3,(H2,10,11,12,13,14). The summed E-state index contributed by atoms with van der Waals surface area (Å²) in [6.45, 7) is 1.81. The van der Waals surface area contributed by atoms with E-state index in [9.17, 15) is 9.90 Å². The summed E-state index contributed by atoms with van der Waals surface area (Å²) in [5, 5.41) is 10.2. The number of aromatic hydroxyl groups is 1. The number of rotatable bonds is 1. The molecule has 0 aliphatic heterocycles. The Bertz CT molecular complexity index is 533. The van der Waals surface area contributed by atoms with Crippen molar-refractivity contribution in [2.45, 2.75) is 13.3 Å². The van der Waals surface area contributed by atoms with Crippen molar-refractivity contribution in [2.24, 2.45) is 0 Å². The lowest BCUT2D eigenvalue weighted by Gasteiger charge is -2.03. The molecule has 0 fully saturated rings. The highest BCUT2D eigenvalue weighted by atomic mass is 16.3. The Labute approximate surface area is 79.5 Å². The van der Waals surface area contributed by atoms with Gasteiger partial charge in [0.1, 0.15) is 17.7 Å². The van der Waals surface area contributed by atoms with E-state index in [0.29, 0.717) is 23.0 Å². The summed E-state index contributed by atoms with van der Waals surface area (Å²) < 4.78 is 0. The lowest BCUT2D eigenvalue weighted by molar-refractivity contribution is 0.473. The Kier molecular flexibility index (Phi) is 1.92. The molecular weight excluding hydrogens is 182 g/mol. The van der Waals surface area contributed by atoms with Gasteiger partial charge in [0.15, 0.2) is 0 Å². The Balaban J connectivity index is 2.93. The summed E-state index contributed by atoms with van der Waals surface area (Å²) in [6, 6.07) is 0. The normalized spacial score (nSPS) is 10.6. The third-order valence-electron chi connectivity index (χ3n) is 2.11. The van der Waals surface area contributed by atoms with Crippen LogP contribution in [0.2, 0.25) is 0 Å². The maximum atomic E-state index is 11.4. The van der Waals surface area contributed by atoms with Crippen LogP contribution in [0, 0.1) is 0 Å². The van der Waals surface area contributed by atoms with Crippen LogP contribution < -0.4 is 5.56 Å². The summed E-state index contributed by atoms with van der Waals surface area (Å²) in [6.07, 6.45) is 3.28. The van der Waals surface area contributed by atoms with Crippen molar-refractivity contribution in [3.8, 4) is 5.75 Å². The minimum absolute atomic E-state index is 0.0214. The van der Waals surface area contributed by atoms with Crippen molar-refractivity contribution in [1.29, 1.82) is 0 Å². The van der Waals surface area contributed by atoms with Crippen molar-refractivity contribution in [3.05, 3.63) is 28.4 Å². The van der Waals surface area contributed by atoms with Gasteiger partial charge in [0.05, 0.1) is 10.9 Å². The number of fused-ring (bicyclic) bond motifs is 1. The molecule has 0 aliphatic carbocycles. The third kappa shape index (κ3) is 1.14. The highest BCUT2D eigenvalue weighted by molar-refractivity contribution is 5.81. The van der Waals surface area contributed by atoms with E-state index in [-0.39, 0.29) is 11.3 Å². The molecule has 2 aromatic heterocycles. The van der Waals surface area contributed by atoms with Crippen LogP contribution in [0.25, 0.3) is 11.0 Å². The van der Waals surface area contributed by atoms with Gasteiger partial charge in [0.25, 0.3) is 5.56 Å². The molecule has 0 amide bonds. The van der Waals surface area contributed by atoms with Crippen molar-refractivity contribution in [2.75, 3.05) is 0 Å². The molecule has 2 heterocycles. The van der Waals surface area contributed by atoms with Crippen LogP contribution in [0.5, 0.6) is 5.75 Å². The van der Waals surface area contributed by atoms with Crippen LogP contribution in [0.1, 0.15) is 12.5 Å². The van der Waals surface area contributed by atoms with E-state index in [0.717, 1.165) is 0 Å². The fourth-order valence-electron chi connectivity index (χ4n) is 1.38. The van der Waals surface area contributed by atoms with Gasteiger partial charge in [-0.25, -0.2) is 9.97 Å². The van der Waals surface area contributed by atoms with Gasteiger partial charge in [-0.2, -0.15) is 0 Å². The molecule has 2 rings (SSSR count). The molecule has 0 radical (unpaired) electrons. The lowest BCUT2D eigenvalue weighted by Crippen LogP contribution is -2.12. The zero-order valence-electron chi connectivity index (χ0n) is 7.61. The number of aromatic nitrogens is 3. The van der Waals surface area contributed by atoms with E-state index < -0.39 is 0 Å². The average Bonchev–Trinajstić information content (AvgIpc) is 2.18. The SMILES string of the molecule is CCc1c(O)c2cncnc2[nH]c1=O. The topological polar surface area (TPSA) is 78.9 Å². The van der Waals surface area contributed by atoms with Crippen LogP contribution in [0.15, 0.2) is 17.3 Å². The number of pyridine rings is 1. The number of aromatic amines is 1. The predicted octanol–water partition coefficient (Wildman–Crippen LogP) is 0.586. The monoisotopic (exact) mass is 191 g/mol. The second-order valence-electron chi connectivity index (χ2n) is 2.92. The molecular formula is C9H9N3O2. The Morgan fingerprint density at radius 1 is 1.57 bits per heavy atom. The van der Waals surface area contributed by atoms with E-state index >= 15 is 0 Å². The molecule has 0 atom stereocenters. The minimum Gasteiger partial charge on any atom is -0.507 e. The van der Waals surface area contributed by atoms with Crippen molar-refractivity contribution < 1.29 is 5.11 Å². The van der Waals surface area contributed by atoms with Crippen LogP contribution in [-0.2, 0) is 6.42 Å². The highest BCUT2D eigenvalue weighted by Crippen LogP contribution is 2.22. The molecule has 14 heavy (non-hydrogen) atoms. The maximum absolute atomic E-state index is 11.4. The second-order valence-corrected chi connectivity index (χ2v) is 2.92.